The van der Waals surface area contributed by atoms with Crippen LogP contribution in [0.4, 0.5) is 0 Å². The number of ketones is 2. The summed E-state index contributed by atoms with van der Waals surface area (Å²) in [6, 6.07) is 0. The molecular formula is C24H33N3O6. The Bertz CT molecular complexity index is 947. The van der Waals surface area contributed by atoms with Crippen LogP contribution in [-0.2, 0) is 23.9 Å². The van der Waals surface area contributed by atoms with Gasteiger partial charge in [-0.05, 0) is 71.8 Å². The van der Waals surface area contributed by atoms with E-state index in [1.54, 1.807) is 26.8 Å². The van der Waals surface area contributed by atoms with Gasteiger partial charge in [-0.2, -0.15) is 0 Å². The lowest BCUT2D eigenvalue weighted by Gasteiger charge is -2.38. The summed E-state index contributed by atoms with van der Waals surface area (Å²) < 4.78 is 5.00. The Hall–Kier alpha value is -3.36. The van der Waals surface area contributed by atoms with Crippen LogP contribution in [-0.4, -0.2) is 66.0 Å². The second-order valence-electron chi connectivity index (χ2n) is 7.89. The molecule has 0 atom stereocenters. The number of Topliss-reactive ketones (excluding diaryl/α,β-unsaturated/α-hetero) is 2. The summed E-state index contributed by atoms with van der Waals surface area (Å²) in [4.78, 5) is 62.3. The average molecular weight is 460 g/mol. The molecule has 0 bridgehead atoms. The quantitative estimate of drug-likeness (QED) is 0.129. The number of hydrogen-bond acceptors (Lipinski definition) is 8. The zero-order valence-electron chi connectivity index (χ0n) is 20.5. The van der Waals surface area contributed by atoms with Crippen molar-refractivity contribution in [2.24, 2.45) is 5.18 Å². The number of rotatable bonds is 9. The van der Waals surface area contributed by atoms with Crippen molar-refractivity contribution in [1.82, 2.24) is 9.80 Å². The zero-order chi connectivity index (χ0) is 25.3. The van der Waals surface area contributed by atoms with Gasteiger partial charge < -0.3 is 14.5 Å². The fourth-order valence-corrected chi connectivity index (χ4v) is 3.79. The van der Waals surface area contributed by atoms with E-state index in [-0.39, 0.29) is 23.5 Å². The van der Waals surface area contributed by atoms with Gasteiger partial charge in [0.15, 0.2) is 11.6 Å². The second-order valence-corrected chi connectivity index (χ2v) is 7.89. The van der Waals surface area contributed by atoms with Gasteiger partial charge in [0.05, 0.1) is 12.2 Å². The van der Waals surface area contributed by atoms with Crippen LogP contribution in [0, 0.1) is 4.91 Å². The van der Waals surface area contributed by atoms with E-state index in [2.05, 4.69) is 15.0 Å². The minimum absolute atomic E-state index is 0.0523. The molecule has 1 rings (SSSR count). The van der Waals surface area contributed by atoms with E-state index >= 15 is 0 Å². The number of esters is 1. The van der Waals surface area contributed by atoms with Crippen molar-refractivity contribution in [3.8, 4) is 0 Å². The van der Waals surface area contributed by atoms with Gasteiger partial charge >= 0.3 is 11.9 Å². The number of piperazine rings is 1. The number of carbonyl (C=O) groups is 4. The number of nitrogens with zero attached hydrogens (tertiary/aromatic N) is 3. The van der Waals surface area contributed by atoms with E-state index in [0.717, 1.165) is 11.4 Å². The summed E-state index contributed by atoms with van der Waals surface area (Å²) in [5, 5.41) is 2.37. The minimum atomic E-state index is -1.06. The van der Waals surface area contributed by atoms with Crippen molar-refractivity contribution < 1.29 is 23.9 Å². The maximum absolute atomic E-state index is 12.1. The van der Waals surface area contributed by atoms with Crippen LogP contribution in [0.3, 0.4) is 0 Å². The molecule has 0 saturated carbocycles. The second kappa shape index (κ2) is 12.6. The fourth-order valence-electron chi connectivity index (χ4n) is 3.79. The summed E-state index contributed by atoms with van der Waals surface area (Å²) in [6.07, 6.45) is 3.53. The Labute approximate surface area is 194 Å². The Morgan fingerprint density at radius 2 is 1.15 bits per heavy atom. The van der Waals surface area contributed by atoms with Gasteiger partial charge in [-0.25, -0.2) is 4.79 Å². The molecule has 0 radical (unpaired) electrons. The van der Waals surface area contributed by atoms with Crippen LogP contribution in [0.25, 0.3) is 0 Å². The number of ether oxygens (including phenoxy) is 1. The number of carbonyl (C=O) groups excluding carboxylic acids is 4. The Morgan fingerprint density at radius 3 is 1.48 bits per heavy atom. The summed E-state index contributed by atoms with van der Waals surface area (Å²) >= 11 is 0. The van der Waals surface area contributed by atoms with Gasteiger partial charge in [0.1, 0.15) is 5.57 Å². The Kier molecular flexibility index (Phi) is 10.6. The summed E-state index contributed by atoms with van der Waals surface area (Å²) in [5.74, 6) is -2.51. The van der Waals surface area contributed by atoms with Crippen LogP contribution in [0.2, 0.25) is 0 Å². The van der Waals surface area contributed by atoms with E-state index in [1.165, 1.54) is 13.8 Å². The van der Waals surface area contributed by atoms with Gasteiger partial charge in [-0.15, -0.1) is 4.91 Å². The normalized spacial score (nSPS) is 16.6. The number of allylic oxidation sites excluding steroid dienone is 6. The third-order valence-corrected chi connectivity index (χ3v) is 5.40. The molecule has 9 heteroatoms. The molecule has 180 valence electrons. The molecule has 0 unspecified atom stereocenters. The molecule has 33 heavy (non-hydrogen) atoms. The first-order valence-corrected chi connectivity index (χ1v) is 10.8. The van der Waals surface area contributed by atoms with Crippen LogP contribution in [0.5, 0.6) is 0 Å². The molecule has 1 aliphatic heterocycles. The van der Waals surface area contributed by atoms with Gasteiger partial charge in [0, 0.05) is 42.7 Å². The standard InChI is InChI=1S/C24H33N3O6/c1-8-33-24(31)22(20(7)29)16(3)14-18(5)27-11-9-26(10-12-27)17(4)13-15(2)21(19(6)28)23(30)25-32/h13-14H,8-12H2,1-7H3/b17-13+,18-14+,21-15+,22-16-. The highest BCUT2D eigenvalue weighted by Gasteiger charge is 2.22. The number of amides is 1. The molecule has 9 nitrogen and oxygen atoms in total. The molecule has 0 aromatic heterocycles. The lowest BCUT2D eigenvalue weighted by molar-refractivity contribution is -0.140. The molecule has 0 aromatic carbocycles. The fraction of sp³-hybridized carbons (Fsp3) is 0.500. The zero-order valence-corrected chi connectivity index (χ0v) is 20.5. The monoisotopic (exact) mass is 459 g/mol. The third kappa shape index (κ3) is 7.62. The van der Waals surface area contributed by atoms with Crippen molar-refractivity contribution >= 4 is 23.4 Å². The van der Waals surface area contributed by atoms with Crippen molar-refractivity contribution in [1.29, 1.82) is 0 Å². The molecule has 0 aliphatic carbocycles. The highest BCUT2D eigenvalue weighted by Crippen LogP contribution is 2.19. The molecule has 1 amide bonds. The molecular weight excluding hydrogens is 426 g/mol. The van der Waals surface area contributed by atoms with Gasteiger partial charge in [-0.1, -0.05) is 0 Å². The first kappa shape index (κ1) is 27.7. The van der Waals surface area contributed by atoms with Crippen molar-refractivity contribution in [3.05, 3.63) is 50.7 Å². The van der Waals surface area contributed by atoms with E-state index in [4.69, 9.17) is 4.74 Å². The molecule has 0 N–H and O–H groups in total. The highest BCUT2D eigenvalue weighted by molar-refractivity contribution is 6.19. The van der Waals surface area contributed by atoms with E-state index < -0.39 is 17.7 Å². The van der Waals surface area contributed by atoms with Crippen molar-refractivity contribution in [3.63, 3.8) is 0 Å². The minimum Gasteiger partial charge on any atom is -0.462 e. The highest BCUT2D eigenvalue weighted by atomic mass is 16.5. The van der Waals surface area contributed by atoms with E-state index in [0.29, 0.717) is 37.3 Å². The predicted octanol–water partition coefficient (Wildman–Crippen LogP) is 3.08. The molecule has 1 aliphatic rings. The predicted molar refractivity (Wildman–Crippen MR) is 125 cm³/mol. The van der Waals surface area contributed by atoms with Crippen molar-refractivity contribution in [2.45, 2.75) is 48.5 Å². The molecule has 0 spiro atoms. The lowest BCUT2D eigenvalue weighted by atomic mass is 10.0. The Morgan fingerprint density at radius 1 is 0.758 bits per heavy atom. The third-order valence-electron chi connectivity index (χ3n) is 5.40. The van der Waals surface area contributed by atoms with Gasteiger partial charge in [-0.3, -0.25) is 14.4 Å². The summed E-state index contributed by atoms with van der Waals surface area (Å²) in [6.45, 7) is 14.4. The molecule has 1 heterocycles. The maximum atomic E-state index is 12.1. The average Bonchev–Trinajstić information content (AvgIpc) is 2.73. The first-order valence-electron chi connectivity index (χ1n) is 10.8. The van der Waals surface area contributed by atoms with Gasteiger partial charge in [0.25, 0.3) is 0 Å². The Balaban J connectivity index is 3.00. The number of nitroso groups, excluding NO2 is 1. The molecule has 1 saturated heterocycles. The van der Waals surface area contributed by atoms with E-state index in [1.807, 2.05) is 19.9 Å². The summed E-state index contributed by atoms with van der Waals surface area (Å²) in [5.41, 5.74) is 2.60. The van der Waals surface area contributed by atoms with Crippen LogP contribution >= 0.6 is 0 Å². The maximum Gasteiger partial charge on any atom is 0.342 e. The van der Waals surface area contributed by atoms with Crippen LogP contribution < -0.4 is 0 Å². The van der Waals surface area contributed by atoms with Crippen molar-refractivity contribution in [2.75, 3.05) is 32.8 Å². The van der Waals surface area contributed by atoms with Crippen LogP contribution in [0.1, 0.15) is 48.5 Å². The first-order chi connectivity index (χ1) is 15.4. The smallest absolute Gasteiger partial charge is 0.342 e. The van der Waals surface area contributed by atoms with Crippen LogP contribution in [0.15, 0.2) is 51.0 Å². The summed E-state index contributed by atoms with van der Waals surface area (Å²) in [7, 11) is 0. The number of hydrogen-bond donors (Lipinski definition) is 0. The van der Waals surface area contributed by atoms with Gasteiger partial charge in [0.2, 0.25) is 0 Å². The molecule has 0 aromatic rings. The topological polar surface area (TPSA) is 113 Å². The SMILES string of the molecule is CCOC(=O)/C(C(C)=O)=C(C)\C=C(/C)N1CCN(/C(C)=C/C(C)=C(\C(C)=O)C(=O)N=O)CC1. The molecule has 1 fully saturated rings. The lowest BCUT2D eigenvalue weighted by Crippen LogP contribution is -2.44. The largest absolute Gasteiger partial charge is 0.462 e. The van der Waals surface area contributed by atoms with E-state index in [9.17, 15) is 24.1 Å².